The largest absolute Gasteiger partial charge is 0.384 e. The van der Waals surface area contributed by atoms with Crippen LogP contribution in [0.3, 0.4) is 0 Å². The Morgan fingerprint density at radius 2 is 2.35 bits per heavy atom. The van der Waals surface area contributed by atoms with Crippen LogP contribution in [-0.2, 0) is 24.2 Å². The second kappa shape index (κ2) is 7.16. The first-order valence-corrected chi connectivity index (χ1v) is 6.70. The zero-order valence-corrected chi connectivity index (χ0v) is 12.2. The first-order chi connectivity index (χ1) is 9.67. The molecule has 0 aromatic carbocycles. The van der Waals surface area contributed by atoms with Gasteiger partial charge in [0.15, 0.2) is 5.82 Å². The maximum atomic E-state index is 5.16. The third-order valence-corrected chi connectivity index (χ3v) is 2.86. The molecule has 0 aliphatic rings. The summed E-state index contributed by atoms with van der Waals surface area (Å²) in [7, 11) is 1.65. The highest BCUT2D eigenvalue weighted by molar-refractivity contribution is 4.99. The maximum absolute atomic E-state index is 5.16. The van der Waals surface area contributed by atoms with Crippen molar-refractivity contribution in [3.05, 3.63) is 29.7 Å². The Morgan fingerprint density at radius 1 is 1.50 bits per heavy atom. The van der Waals surface area contributed by atoms with Crippen molar-refractivity contribution in [2.75, 3.05) is 13.7 Å². The van der Waals surface area contributed by atoms with Crippen molar-refractivity contribution in [2.24, 2.45) is 0 Å². The minimum Gasteiger partial charge on any atom is -0.384 e. The van der Waals surface area contributed by atoms with Gasteiger partial charge in [0.25, 0.3) is 0 Å². The van der Waals surface area contributed by atoms with Crippen molar-refractivity contribution in [2.45, 2.75) is 39.4 Å². The lowest BCUT2D eigenvalue weighted by molar-refractivity contribution is 0.199. The van der Waals surface area contributed by atoms with Crippen LogP contribution in [-0.4, -0.2) is 39.7 Å². The van der Waals surface area contributed by atoms with Crippen molar-refractivity contribution in [3.63, 3.8) is 0 Å². The summed E-state index contributed by atoms with van der Waals surface area (Å²) in [4.78, 5) is 4.29. The Hall–Kier alpha value is -1.73. The molecule has 2 aromatic rings. The van der Waals surface area contributed by atoms with Crippen molar-refractivity contribution in [1.29, 1.82) is 0 Å². The number of nitrogens with one attached hydrogen (secondary N) is 1. The number of aromatic nitrogens is 4. The lowest BCUT2D eigenvalue weighted by Gasteiger charge is -2.11. The third-order valence-electron chi connectivity index (χ3n) is 2.86. The van der Waals surface area contributed by atoms with Crippen molar-refractivity contribution >= 4 is 0 Å². The van der Waals surface area contributed by atoms with Crippen LogP contribution >= 0.6 is 0 Å². The summed E-state index contributed by atoms with van der Waals surface area (Å²) >= 11 is 0. The average Bonchev–Trinajstić information content (AvgIpc) is 3.03. The molecule has 0 fully saturated rings. The Bertz CT molecular complexity index is 522. The lowest BCUT2D eigenvalue weighted by Crippen LogP contribution is -2.30. The number of methoxy groups -OCH3 is 1. The molecular weight excluding hydrogens is 258 g/mol. The highest BCUT2D eigenvalue weighted by atomic mass is 16.5. The van der Waals surface area contributed by atoms with Crippen LogP contribution in [0.15, 0.2) is 16.9 Å². The summed E-state index contributed by atoms with van der Waals surface area (Å²) in [6.45, 7) is 6.09. The molecule has 2 aromatic heterocycles. The lowest BCUT2D eigenvalue weighted by atomic mass is 10.3. The fraction of sp³-hybridized carbons (Fsp3) is 0.615. The summed E-state index contributed by atoms with van der Waals surface area (Å²) in [6, 6.07) is 0.267. The Labute approximate surface area is 118 Å². The van der Waals surface area contributed by atoms with E-state index in [1.54, 1.807) is 7.11 Å². The standard InChI is InChI=1S/C13H21N5O2/c1-10-6-15-18(8-10)9-11(2)14-7-13-16-12(17-20-13)4-5-19-3/h6,8,11,14H,4-5,7,9H2,1-3H3. The van der Waals surface area contributed by atoms with E-state index in [9.17, 15) is 0 Å². The van der Waals surface area contributed by atoms with Crippen LogP contribution < -0.4 is 5.32 Å². The molecule has 0 bridgehead atoms. The molecule has 0 saturated carbocycles. The number of hydrogen-bond donors (Lipinski definition) is 1. The van der Waals surface area contributed by atoms with Gasteiger partial charge in [-0.25, -0.2) is 0 Å². The van der Waals surface area contributed by atoms with Gasteiger partial charge >= 0.3 is 0 Å². The molecule has 0 amide bonds. The number of aryl methyl sites for hydroxylation is 1. The van der Waals surface area contributed by atoms with E-state index in [1.165, 1.54) is 0 Å². The molecular formula is C13H21N5O2. The molecule has 0 saturated heterocycles. The van der Waals surface area contributed by atoms with Gasteiger partial charge in [-0.15, -0.1) is 0 Å². The van der Waals surface area contributed by atoms with E-state index in [1.807, 2.05) is 24.0 Å². The predicted molar refractivity (Wildman–Crippen MR) is 73.1 cm³/mol. The van der Waals surface area contributed by atoms with Crippen LogP contribution in [0.1, 0.15) is 24.2 Å². The summed E-state index contributed by atoms with van der Waals surface area (Å²) < 4.78 is 12.1. The van der Waals surface area contributed by atoms with Crippen LogP contribution in [0.25, 0.3) is 0 Å². The fourth-order valence-electron chi connectivity index (χ4n) is 1.83. The van der Waals surface area contributed by atoms with E-state index in [-0.39, 0.29) is 6.04 Å². The van der Waals surface area contributed by atoms with Gasteiger partial charge in [-0.1, -0.05) is 5.16 Å². The van der Waals surface area contributed by atoms with E-state index in [4.69, 9.17) is 9.26 Å². The zero-order valence-electron chi connectivity index (χ0n) is 12.2. The van der Waals surface area contributed by atoms with Gasteiger partial charge in [-0.3, -0.25) is 4.68 Å². The number of nitrogens with zero attached hydrogens (tertiary/aromatic N) is 4. The van der Waals surface area contributed by atoms with Crippen LogP contribution in [0.2, 0.25) is 0 Å². The number of rotatable bonds is 8. The molecule has 20 heavy (non-hydrogen) atoms. The van der Waals surface area contributed by atoms with Crippen molar-refractivity contribution < 1.29 is 9.26 Å². The number of ether oxygens (including phenoxy) is 1. The molecule has 7 heteroatoms. The Morgan fingerprint density at radius 3 is 3.05 bits per heavy atom. The zero-order chi connectivity index (χ0) is 14.4. The second-order valence-corrected chi connectivity index (χ2v) is 4.87. The summed E-state index contributed by atoms with van der Waals surface area (Å²) in [5.41, 5.74) is 1.16. The Balaban J connectivity index is 1.75. The first-order valence-electron chi connectivity index (χ1n) is 6.70. The Kier molecular flexibility index (Phi) is 5.25. The molecule has 1 unspecified atom stereocenters. The molecule has 2 heterocycles. The van der Waals surface area contributed by atoms with Gasteiger partial charge in [0.05, 0.1) is 25.9 Å². The SMILES string of the molecule is COCCc1noc(CNC(C)Cn2cc(C)cn2)n1. The smallest absolute Gasteiger partial charge is 0.240 e. The monoisotopic (exact) mass is 279 g/mol. The van der Waals surface area contributed by atoms with Crippen LogP contribution in [0, 0.1) is 6.92 Å². The van der Waals surface area contributed by atoms with Gasteiger partial charge in [-0.2, -0.15) is 10.1 Å². The van der Waals surface area contributed by atoms with Gasteiger partial charge < -0.3 is 14.6 Å². The minimum atomic E-state index is 0.267. The van der Waals surface area contributed by atoms with Gasteiger partial charge in [-0.05, 0) is 19.4 Å². The molecule has 0 spiro atoms. The number of hydrogen-bond acceptors (Lipinski definition) is 6. The van der Waals surface area contributed by atoms with Gasteiger partial charge in [0.1, 0.15) is 0 Å². The average molecular weight is 279 g/mol. The molecule has 2 rings (SSSR count). The summed E-state index contributed by atoms with van der Waals surface area (Å²) in [6.07, 6.45) is 4.54. The van der Waals surface area contributed by atoms with E-state index in [2.05, 4.69) is 27.5 Å². The molecule has 1 N–H and O–H groups in total. The quantitative estimate of drug-likeness (QED) is 0.775. The fourth-order valence-corrected chi connectivity index (χ4v) is 1.83. The topological polar surface area (TPSA) is 78.0 Å². The highest BCUT2D eigenvalue weighted by Gasteiger charge is 2.08. The van der Waals surface area contributed by atoms with Gasteiger partial charge in [0, 0.05) is 25.8 Å². The van der Waals surface area contributed by atoms with Gasteiger partial charge in [0.2, 0.25) is 5.89 Å². The molecule has 0 radical (unpaired) electrons. The molecule has 0 aliphatic heterocycles. The highest BCUT2D eigenvalue weighted by Crippen LogP contribution is 2.00. The second-order valence-electron chi connectivity index (χ2n) is 4.87. The summed E-state index contributed by atoms with van der Waals surface area (Å²) in [5.74, 6) is 1.28. The molecule has 110 valence electrons. The first kappa shape index (κ1) is 14.7. The van der Waals surface area contributed by atoms with E-state index < -0.39 is 0 Å². The molecule has 1 atom stereocenters. The van der Waals surface area contributed by atoms with Crippen molar-refractivity contribution in [1.82, 2.24) is 25.2 Å². The van der Waals surface area contributed by atoms with Crippen LogP contribution in [0.4, 0.5) is 0 Å². The predicted octanol–water partition coefficient (Wildman–Crippen LogP) is 0.942. The van der Waals surface area contributed by atoms with Crippen molar-refractivity contribution in [3.8, 4) is 0 Å². The minimum absolute atomic E-state index is 0.267. The van der Waals surface area contributed by atoms with Crippen LogP contribution in [0.5, 0.6) is 0 Å². The van der Waals surface area contributed by atoms with E-state index >= 15 is 0 Å². The molecule has 7 nitrogen and oxygen atoms in total. The summed E-state index contributed by atoms with van der Waals surface area (Å²) in [5, 5.41) is 11.5. The maximum Gasteiger partial charge on any atom is 0.240 e. The van der Waals surface area contributed by atoms with E-state index in [0.29, 0.717) is 31.3 Å². The van der Waals surface area contributed by atoms with E-state index in [0.717, 1.165) is 12.1 Å². The third kappa shape index (κ3) is 4.43. The molecule has 0 aliphatic carbocycles. The normalized spacial score (nSPS) is 12.8.